The van der Waals surface area contributed by atoms with E-state index >= 15 is 0 Å². The molecule has 0 aliphatic rings. The maximum absolute atomic E-state index is 0. The second kappa shape index (κ2) is 103. The van der Waals surface area contributed by atoms with Crippen LogP contribution in [-0.2, 0) is 5.48 Å². The molecule has 4 heteroatoms. The summed E-state index contributed by atoms with van der Waals surface area (Å²) in [6, 6.07) is 0. The van der Waals surface area contributed by atoms with Crippen molar-refractivity contribution >= 4 is 0 Å². The van der Waals surface area contributed by atoms with Gasteiger partial charge in [-0.2, -0.15) is 0 Å². The topological polar surface area (TPSA) is 28.5 Å². The molecule has 0 aliphatic carbocycles. The third-order valence-electron chi connectivity index (χ3n) is 0. The molecule has 0 rings (SSSR count). The molecule has 0 N–H and O–H groups in total. The van der Waals surface area contributed by atoms with Crippen molar-refractivity contribution in [3.63, 3.8) is 0 Å². The van der Waals surface area contributed by atoms with Crippen molar-refractivity contribution in [2.45, 2.75) is 0 Å². The van der Waals surface area contributed by atoms with E-state index in [0.29, 0.717) is 0 Å². The summed E-state index contributed by atoms with van der Waals surface area (Å²) in [6.45, 7) is 0. The average molecular weight is 90.9 g/mol. The van der Waals surface area contributed by atoms with Crippen molar-refractivity contribution < 1.29 is 36.4 Å². The van der Waals surface area contributed by atoms with Crippen LogP contribution in [0, 0.1) is 6.15 Å². The molecule has 0 spiro atoms. The molecule has 0 heterocycles. The van der Waals surface area contributed by atoms with Gasteiger partial charge in [-0.05, 0) is 0 Å². The Kier molecular flexibility index (Phi) is 6730. The molecule has 0 aromatic carbocycles. The molecular formula is Cl2HeO. The van der Waals surface area contributed by atoms with Crippen molar-refractivity contribution in [2.75, 3.05) is 0 Å². The predicted octanol–water partition coefficient (Wildman–Crippen LogP) is -6.11. The molecule has 0 saturated heterocycles. The second-order valence-corrected chi connectivity index (χ2v) is 0. The monoisotopic (exact) mass is 89.9 g/mol. The van der Waals surface area contributed by atoms with Gasteiger partial charge in [0.2, 0.25) is 0 Å². The molecule has 0 aliphatic heterocycles. The fraction of sp³-hybridized carbons (Fsp3) is 0. The third-order valence-corrected chi connectivity index (χ3v) is 0. The Morgan fingerprint density at radius 1 is 0.750 bits per heavy atom. The number of halogens is 2. The van der Waals surface area contributed by atoms with E-state index in [-0.39, 0.29) is 36.4 Å². The Balaban J connectivity index is 0. The van der Waals surface area contributed by atoms with E-state index in [1.54, 1.807) is 0 Å². The van der Waals surface area contributed by atoms with Gasteiger partial charge in [-0.15, -0.1) is 0 Å². The molecule has 22 valence electrons. The first kappa shape index (κ1) is 262. The maximum Gasteiger partial charge on any atom is 2.00 e. The summed E-state index contributed by atoms with van der Waals surface area (Å²) in [4.78, 5) is 0. The van der Waals surface area contributed by atoms with Crippen LogP contribution in [-0.4, -0.2) is 0 Å². The summed E-state index contributed by atoms with van der Waals surface area (Å²) in [6.07, 6.45) is 0. The van der Waals surface area contributed by atoms with Crippen LogP contribution >= 0.6 is 0 Å². The third kappa shape index (κ3) is 25.5. The van der Waals surface area contributed by atoms with E-state index in [4.69, 9.17) is 0 Å². The minimum atomic E-state index is 0. The number of hydrogen-bond donors (Lipinski definition) is 0. The zero-order valence-electron chi connectivity index (χ0n) is 1.87. The van der Waals surface area contributed by atoms with E-state index < -0.39 is 0 Å². The summed E-state index contributed by atoms with van der Waals surface area (Å²) in [5, 5.41) is 0. The van der Waals surface area contributed by atoms with Crippen LogP contribution in [0.4, 0.5) is 0 Å². The summed E-state index contributed by atoms with van der Waals surface area (Å²) in [7, 11) is 0. The number of rotatable bonds is 0. The predicted molar refractivity (Wildman–Crippen MR) is 0.686 cm³/mol. The molecule has 0 fully saturated rings. The maximum atomic E-state index is 0. The van der Waals surface area contributed by atoms with Crippen LogP contribution in [0.5, 0.6) is 0 Å². The first-order valence-electron chi connectivity index (χ1n) is 0. The second-order valence-electron chi connectivity index (χ2n) is 0. The van der Waals surface area contributed by atoms with Gasteiger partial charge in [0, 0.05) is 6.15 Å². The molecule has 0 unspecified atom stereocenters. The minimum Gasteiger partial charge on any atom is -1.00 e. The van der Waals surface area contributed by atoms with Crippen molar-refractivity contribution in [1.29, 1.82) is 0 Å². The Morgan fingerprint density at radius 2 is 0.750 bits per heavy atom. The van der Waals surface area contributed by atoms with E-state index in [1.807, 2.05) is 0 Å². The van der Waals surface area contributed by atoms with Crippen molar-refractivity contribution in [3.8, 4) is 0 Å². The van der Waals surface area contributed by atoms with Gasteiger partial charge < -0.3 is 24.8 Å². The van der Waals surface area contributed by atoms with E-state index in [2.05, 4.69) is 0 Å². The van der Waals surface area contributed by atoms with Crippen molar-refractivity contribution in [3.05, 3.63) is 0 Å². The Labute approximate surface area is 37.3 Å². The minimum absolute atomic E-state index is 0. The van der Waals surface area contributed by atoms with E-state index in [1.165, 1.54) is 0 Å². The summed E-state index contributed by atoms with van der Waals surface area (Å²) in [5.74, 6) is 0. The van der Waals surface area contributed by atoms with Crippen molar-refractivity contribution in [2.24, 2.45) is 0 Å². The first-order chi connectivity index (χ1) is 0. The van der Waals surface area contributed by atoms with Gasteiger partial charge in [0.25, 0.3) is 0 Å². The van der Waals surface area contributed by atoms with Gasteiger partial charge in [0.05, 0.1) is 0 Å². The molecule has 0 aromatic rings. The molecular weight excluding hydrogens is 90.9 g/mol. The number of hydrogen-bond acceptors (Lipinski definition) is 0. The first-order valence-corrected chi connectivity index (χ1v) is 0. The largest absolute Gasteiger partial charge is 2.00 e. The zero-order chi connectivity index (χ0) is 0. The Morgan fingerprint density at radius 3 is 0.750 bits per heavy atom. The molecule has 1 nitrogen and oxygen atoms in total. The normalized spacial score (nSPS) is 0. The molecule has 0 aromatic heterocycles. The van der Waals surface area contributed by atoms with Crippen molar-refractivity contribution in [1.82, 2.24) is 0 Å². The average Bonchev–Trinajstić information content (AvgIpc) is 0. The Bertz CT molecular complexity index is 6.00. The van der Waals surface area contributed by atoms with Crippen LogP contribution in [0.25, 0.3) is 0 Å². The summed E-state index contributed by atoms with van der Waals surface area (Å²) in [5.41, 5.74) is 0. The van der Waals surface area contributed by atoms with E-state index in [0.717, 1.165) is 0 Å². The quantitative estimate of drug-likeness (QED) is 0.284. The van der Waals surface area contributed by atoms with Crippen LogP contribution in [0.15, 0.2) is 0 Å². The van der Waals surface area contributed by atoms with Gasteiger partial charge in [0.15, 0.2) is 0 Å². The molecule has 0 atom stereocenters. The van der Waals surface area contributed by atoms with E-state index in [9.17, 15) is 0 Å². The van der Waals surface area contributed by atoms with Crippen LogP contribution in [0.2, 0.25) is 0 Å². The van der Waals surface area contributed by atoms with Gasteiger partial charge in [-0.3, -0.25) is 0 Å². The molecule has 4 heavy (non-hydrogen) atoms. The smallest absolute Gasteiger partial charge is 1.00 e. The zero-order valence-corrected chi connectivity index (χ0v) is 3.38. The van der Waals surface area contributed by atoms with Gasteiger partial charge >= 0.3 is 5.48 Å². The summed E-state index contributed by atoms with van der Waals surface area (Å²) >= 11 is 0. The molecule has 0 bridgehead atoms. The molecule has 0 amide bonds. The van der Waals surface area contributed by atoms with Crippen LogP contribution < -0.4 is 24.8 Å². The van der Waals surface area contributed by atoms with Crippen LogP contribution in [0.1, 0.15) is 0 Å². The Hall–Kier alpha value is 0.449. The molecule has 0 saturated carbocycles. The fourth-order valence-electron chi connectivity index (χ4n) is 0. The van der Waals surface area contributed by atoms with Crippen LogP contribution in [0.3, 0.4) is 0 Å². The standard InChI is InChI=1S/2ClH.He.O/h2*1H;;/q;;;+2/p-2. The SMILES string of the molecule is [Cl-].[Cl-].[He].[O+2]. The van der Waals surface area contributed by atoms with Gasteiger partial charge in [-0.25, -0.2) is 0 Å². The summed E-state index contributed by atoms with van der Waals surface area (Å²) < 4.78 is 0. The molecule has 4 radical (unpaired) electrons. The van der Waals surface area contributed by atoms with Gasteiger partial charge in [0.1, 0.15) is 0 Å². The van der Waals surface area contributed by atoms with Gasteiger partial charge in [-0.1, -0.05) is 0 Å². The fourth-order valence-corrected chi connectivity index (χ4v) is 0.